The van der Waals surface area contributed by atoms with Crippen molar-refractivity contribution in [2.75, 3.05) is 49.9 Å². The second kappa shape index (κ2) is 7.09. The van der Waals surface area contributed by atoms with Crippen LogP contribution in [0.3, 0.4) is 0 Å². The van der Waals surface area contributed by atoms with E-state index in [1.165, 1.54) is 0 Å². The molecule has 1 aromatic rings. The van der Waals surface area contributed by atoms with E-state index in [1.807, 2.05) is 25.3 Å². The number of pyridine rings is 1. The van der Waals surface area contributed by atoms with E-state index in [9.17, 15) is 4.79 Å². The van der Waals surface area contributed by atoms with Crippen molar-refractivity contribution < 1.29 is 4.79 Å². The average molecular weight is 277 g/mol. The Labute approximate surface area is 120 Å². The van der Waals surface area contributed by atoms with Crippen LogP contribution in [-0.4, -0.2) is 55.1 Å². The maximum atomic E-state index is 11.4. The molecule has 0 saturated carbocycles. The highest BCUT2D eigenvalue weighted by Crippen LogP contribution is 2.16. The van der Waals surface area contributed by atoms with Gasteiger partial charge in [0.2, 0.25) is 5.91 Å². The first kappa shape index (κ1) is 14.6. The minimum atomic E-state index is 0.137. The molecular weight excluding hydrogens is 254 g/mol. The van der Waals surface area contributed by atoms with Crippen molar-refractivity contribution in [3.05, 3.63) is 18.3 Å². The van der Waals surface area contributed by atoms with Gasteiger partial charge in [-0.25, -0.2) is 4.98 Å². The Bertz CT molecular complexity index is 426. The number of nitrogen functional groups attached to an aromatic ring is 1. The summed E-state index contributed by atoms with van der Waals surface area (Å²) in [5, 5.41) is 2.83. The number of hydrogen-bond acceptors (Lipinski definition) is 5. The van der Waals surface area contributed by atoms with E-state index in [0.29, 0.717) is 18.8 Å². The third-order valence-electron chi connectivity index (χ3n) is 3.54. The van der Waals surface area contributed by atoms with E-state index in [-0.39, 0.29) is 5.91 Å². The zero-order valence-electron chi connectivity index (χ0n) is 12.0. The highest BCUT2D eigenvalue weighted by atomic mass is 16.1. The molecule has 0 atom stereocenters. The molecule has 1 aliphatic rings. The fraction of sp³-hybridized carbons (Fsp3) is 0.571. The van der Waals surface area contributed by atoms with E-state index in [0.717, 1.165) is 38.4 Å². The number of hydrogen-bond donors (Lipinski definition) is 2. The van der Waals surface area contributed by atoms with Crippen LogP contribution in [0.2, 0.25) is 0 Å². The third kappa shape index (κ3) is 4.09. The van der Waals surface area contributed by atoms with E-state index < -0.39 is 0 Å². The van der Waals surface area contributed by atoms with Crippen molar-refractivity contribution in [2.45, 2.75) is 13.3 Å². The van der Waals surface area contributed by atoms with Gasteiger partial charge in [0.05, 0.1) is 11.9 Å². The minimum absolute atomic E-state index is 0.137. The molecule has 0 aliphatic carbocycles. The third-order valence-corrected chi connectivity index (χ3v) is 3.54. The first-order valence-electron chi connectivity index (χ1n) is 7.14. The van der Waals surface area contributed by atoms with Gasteiger partial charge in [0, 0.05) is 45.7 Å². The highest BCUT2D eigenvalue weighted by Gasteiger charge is 2.17. The topological polar surface area (TPSA) is 74.5 Å². The molecule has 110 valence electrons. The number of rotatable bonds is 5. The van der Waals surface area contributed by atoms with Gasteiger partial charge in [-0.05, 0) is 19.1 Å². The Kier molecular flexibility index (Phi) is 5.17. The minimum Gasteiger partial charge on any atom is -0.384 e. The Balaban J connectivity index is 1.75. The number of piperazine rings is 1. The molecule has 1 aliphatic heterocycles. The molecule has 2 rings (SSSR count). The number of nitrogens with one attached hydrogen (secondary N) is 1. The Morgan fingerprint density at radius 3 is 2.70 bits per heavy atom. The van der Waals surface area contributed by atoms with Gasteiger partial charge in [0.15, 0.2) is 0 Å². The lowest BCUT2D eigenvalue weighted by molar-refractivity contribution is -0.121. The molecule has 6 nitrogen and oxygen atoms in total. The molecule has 0 bridgehead atoms. The molecule has 1 fully saturated rings. The van der Waals surface area contributed by atoms with Crippen molar-refractivity contribution >= 4 is 17.4 Å². The monoisotopic (exact) mass is 277 g/mol. The van der Waals surface area contributed by atoms with Crippen molar-refractivity contribution in [1.82, 2.24) is 15.2 Å². The van der Waals surface area contributed by atoms with Crippen LogP contribution in [0.4, 0.5) is 11.5 Å². The van der Waals surface area contributed by atoms with E-state index in [4.69, 9.17) is 5.73 Å². The molecule has 3 N–H and O–H groups in total. The summed E-state index contributed by atoms with van der Waals surface area (Å²) in [6.45, 7) is 7.35. The lowest BCUT2D eigenvalue weighted by Gasteiger charge is -2.35. The molecule has 0 aromatic carbocycles. The number of nitrogens with two attached hydrogens (primary N) is 1. The van der Waals surface area contributed by atoms with Gasteiger partial charge in [0.1, 0.15) is 5.82 Å². The van der Waals surface area contributed by atoms with Crippen LogP contribution >= 0.6 is 0 Å². The summed E-state index contributed by atoms with van der Waals surface area (Å²) in [5.74, 6) is 0.687. The molecule has 0 radical (unpaired) electrons. The Hall–Kier alpha value is -1.82. The maximum Gasteiger partial charge on any atom is 0.221 e. The second-order valence-corrected chi connectivity index (χ2v) is 4.97. The average Bonchev–Trinajstić information content (AvgIpc) is 2.47. The number of aromatic nitrogens is 1. The van der Waals surface area contributed by atoms with Crippen LogP contribution < -0.4 is 16.0 Å². The van der Waals surface area contributed by atoms with Crippen LogP contribution in [0.1, 0.15) is 13.3 Å². The maximum absolute atomic E-state index is 11.4. The van der Waals surface area contributed by atoms with E-state index in [1.54, 1.807) is 0 Å². The molecule has 0 unspecified atom stereocenters. The van der Waals surface area contributed by atoms with Gasteiger partial charge in [-0.3, -0.25) is 9.69 Å². The van der Waals surface area contributed by atoms with Crippen molar-refractivity contribution in [3.8, 4) is 0 Å². The zero-order chi connectivity index (χ0) is 14.4. The number of carbonyl (C=O) groups is 1. The van der Waals surface area contributed by atoms with Gasteiger partial charge < -0.3 is 16.0 Å². The molecule has 20 heavy (non-hydrogen) atoms. The summed E-state index contributed by atoms with van der Waals surface area (Å²) in [7, 11) is 0. The molecule has 1 amide bonds. The summed E-state index contributed by atoms with van der Waals surface area (Å²) in [6.07, 6.45) is 2.40. The van der Waals surface area contributed by atoms with Gasteiger partial charge in [-0.2, -0.15) is 0 Å². The number of nitrogens with zero attached hydrogens (tertiary/aromatic N) is 3. The smallest absolute Gasteiger partial charge is 0.221 e. The quantitative estimate of drug-likeness (QED) is 0.810. The van der Waals surface area contributed by atoms with Crippen molar-refractivity contribution in [3.63, 3.8) is 0 Å². The lowest BCUT2D eigenvalue weighted by atomic mass is 10.2. The first-order chi connectivity index (χ1) is 9.69. The van der Waals surface area contributed by atoms with Gasteiger partial charge >= 0.3 is 0 Å². The fourth-order valence-electron chi connectivity index (χ4n) is 2.36. The Morgan fingerprint density at radius 2 is 2.10 bits per heavy atom. The van der Waals surface area contributed by atoms with Crippen LogP contribution in [0.15, 0.2) is 18.3 Å². The van der Waals surface area contributed by atoms with Crippen LogP contribution in [0, 0.1) is 0 Å². The fourth-order valence-corrected chi connectivity index (χ4v) is 2.36. The van der Waals surface area contributed by atoms with Gasteiger partial charge in [-0.1, -0.05) is 0 Å². The summed E-state index contributed by atoms with van der Waals surface area (Å²) >= 11 is 0. The Morgan fingerprint density at radius 1 is 1.35 bits per heavy atom. The predicted molar refractivity (Wildman–Crippen MR) is 80.6 cm³/mol. The lowest BCUT2D eigenvalue weighted by Crippen LogP contribution is -2.47. The summed E-state index contributed by atoms with van der Waals surface area (Å²) in [5.41, 5.74) is 6.71. The first-order valence-corrected chi connectivity index (χ1v) is 7.14. The van der Waals surface area contributed by atoms with E-state index >= 15 is 0 Å². The van der Waals surface area contributed by atoms with Crippen molar-refractivity contribution in [1.29, 1.82) is 0 Å². The number of amides is 1. The zero-order valence-corrected chi connectivity index (χ0v) is 12.0. The van der Waals surface area contributed by atoms with Gasteiger partial charge in [-0.15, -0.1) is 0 Å². The summed E-state index contributed by atoms with van der Waals surface area (Å²) in [4.78, 5) is 20.2. The normalized spacial score (nSPS) is 16.1. The van der Waals surface area contributed by atoms with Crippen LogP contribution in [-0.2, 0) is 4.79 Å². The molecule has 6 heteroatoms. The van der Waals surface area contributed by atoms with Crippen LogP contribution in [0.5, 0.6) is 0 Å². The second-order valence-electron chi connectivity index (χ2n) is 4.97. The summed E-state index contributed by atoms with van der Waals surface area (Å²) in [6, 6.07) is 3.84. The predicted octanol–water partition coefficient (Wildman–Crippen LogP) is 0.312. The van der Waals surface area contributed by atoms with Crippen molar-refractivity contribution in [2.24, 2.45) is 0 Å². The molecule has 1 saturated heterocycles. The number of carbonyl (C=O) groups excluding carboxylic acids is 1. The highest BCUT2D eigenvalue weighted by molar-refractivity contribution is 5.75. The molecular formula is C14H23N5O. The van der Waals surface area contributed by atoms with Gasteiger partial charge in [0.25, 0.3) is 0 Å². The standard InChI is InChI=1S/C14H23N5O/c1-2-16-14(20)5-6-18-7-9-19(10-8-18)12-3-4-13(15)17-11-12/h3-4,11H,2,5-10H2,1H3,(H2,15,17)(H,16,20). The SMILES string of the molecule is CCNC(=O)CCN1CCN(c2ccc(N)nc2)CC1. The summed E-state index contributed by atoms with van der Waals surface area (Å²) < 4.78 is 0. The largest absolute Gasteiger partial charge is 0.384 e. The molecule has 0 spiro atoms. The van der Waals surface area contributed by atoms with Crippen LogP contribution in [0.25, 0.3) is 0 Å². The van der Waals surface area contributed by atoms with E-state index in [2.05, 4.69) is 20.1 Å². The molecule has 2 heterocycles. The number of anilines is 2. The molecule has 1 aromatic heterocycles.